The molecule has 1 heteroatoms. The molecule has 212 valence electrons. The van der Waals surface area contributed by atoms with Crippen LogP contribution in [0.5, 0.6) is 0 Å². The van der Waals surface area contributed by atoms with E-state index < -0.39 is 118 Å². The summed E-state index contributed by atoms with van der Waals surface area (Å²) in [4.78, 5) is 0.806. The Hall–Kier alpha value is -5.92. The van der Waals surface area contributed by atoms with Gasteiger partial charge in [-0.15, -0.1) is 0 Å². The number of hydrogen-bond donors (Lipinski definition) is 0. The standard InChI is InChI=1S/C44H31N/c1-2-11-32(12-3-1)37-17-8-18-38(29-37)34-25-27-41(28-26-34)45(44-22-10-16-35-14-6-7-21-43(35)44)42-20-9-19-39(31-42)40-24-23-33-13-4-5-15-36(33)30-40/h1-31H/i6D,7D,9D,10D,14D,16D,19D,20D,21D,22D,25D,26D,27D,28D,31D. The fourth-order valence-electron chi connectivity index (χ4n) is 5.28. The molecule has 0 bridgehead atoms. The van der Waals surface area contributed by atoms with Crippen molar-refractivity contribution >= 4 is 38.6 Å². The lowest BCUT2D eigenvalue weighted by Crippen LogP contribution is -2.10. The van der Waals surface area contributed by atoms with Crippen LogP contribution < -0.4 is 4.90 Å². The van der Waals surface area contributed by atoms with Crippen LogP contribution in [0.3, 0.4) is 0 Å². The van der Waals surface area contributed by atoms with Crippen LogP contribution in [0.15, 0.2) is 188 Å². The fraction of sp³-hybridized carbons (Fsp3) is 0. The molecule has 0 unspecified atom stereocenters. The van der Waals surface area contributed by atoms with Gasteiger partial charge in [0.15, 0.2) is 0 Å². The molecule has 0 radical (unpaired) electrons. The fourth-order valence-corrected chi connectivity index (χ4v) is 5.28. The topological polar surface area (TPSA) is 3.24 Å². The largest absolute Gasteiger partial charge is 0.310 e. The van der Waals surface area contributed by atoms with E-state index in [4.69, 9.17) is 11.0 Å². The van der Waals surface area contributed by atoms with Gasteiger partial charge in [-0.2, -0.15) is 0 Å². The van der Waals surface area contributed by atoms with E-state index in [9.17, 15) is 9.60 Å². The van der Waals surface area contributed by atoms with E-state index in [0.29, 0.717) is 5.56 Å². The highest BCUT2D eigenvalue weighted by molar-refractivity contribution is 5.99. The predicted molar refractivity (Wildman–Crippen MR) is 192 cm³/mol. The Kier molecular flexibility index (Phi) is 3.93. The number of rotatable bonds is 6. The average Bonchev–Trinajstić information content (AvgIpc) is 3.25. The first kappa shape index (κ1) is 15.2. The quantitative estimate of drug-likeness (QED) is 0.187. The summed E-state index contributed by atoms with van der Waals surface area (Å²) in [6.07, 6.45) is 0. The van der Waals surface area contributed by atoms with Gasteiger partial charge < -0.3 is 4.90 Å². The third-order valence-electron chi connectivity index (χ3n) is 7.48. The first-order valence-corrected chi connectivity index (χ1v) is 14.2. The van der Waals surface area contributed by atoms with E-state index in [1.165, 1.54) is 0 Å². The van der Waals surface area contributed by atoms with Crippen LogP contribution in [-0.2, 0) is 0 Å². The second kappa shape index (κ2) is 11.6. The Balaban J connectivity index is 1.53. The van der Waals surface area contributed by atoms with Crippen LogP contribution in [0.2, 0.25) is 0 Å². The molecule has 0 atom stereocenters. The van der Waals surface area contributed by atoms with Gasteiger partial charge in [-0.1, -0.05) is 145 Å². The molecule has 0 aliphatic carbocycles. The molecule has 0 saturated heterocycles. The Morgan fingerprint density at radius 3 is 1.93 bits per heavy atom. The molecule has 8 aromatic rings. The van der Waals surface area contributed by atoms with Gasteiger partial charge in [-0.05, 0) is 91.9 Å². The lowest BCUT2D eigenvalue weighted by atomic mass is 9.98. The molecule has 0 amide bonds. The van der Waals surface area contributed by atoms with Gasteiger partial charge in [0, 0.05) is 16.8 Å². The predicted octanol–water partition coefficient (Wildman–Crippen LogP) is 12.5. The van der Waals surface area contributed by atoms with Crippen molar-refractivity contribution in [3.05, 3.63) is 188 Å². The Bertz CT molecular complexity index is 3080. The van der Waals surface area contributed by atoms with Crippen molar-refractivity contribution in [3.8, 4) is 33.4 Å². The molecule has 45 heavy (non-hydrogen) atoms. The van der Waals surface area contributed by atoms with Crippen LogP contribution in [0, 0.1) is 0 Å². The first-order valence-electron chi connectivity index (χ1n) is 21.7. The zero-order valence-electron chi connectivity index (χ0n) is 38.7. The van der Waals surface area contributed by atoms with E-state index in [2.05, 4.69) is 0 Å². The van der Waals surface area contributed by atoms with Crippen LogP contribution in [-0.4, -0.2) is 0 Å². The molecule has 8 rings (SSSR count). The number of fused-ring (bicyclic) bond motifs is 2. The molecule has 0 saturated carbocycles. The smallest absolute Gasteiger partial charge is 0.0651 e. The molecular formula is C44H31N. The third-order valence-corrected chi connectivity index (χ3v) is 7.48. The number of hydrogen-bond acceptors (Lipinski definition) is 1. The lowest BCUT2D eigenvalue weighted by Gasteiger charge is -2.27. The highest BCUT2D eigenvalue weighted by Gasteiger charge is 2.16. The van der Waals surface area contributed by atoms with Gasteiger partial charge in [0.2, 0.25) is 0 Å². The molecule has 0 heterocycles. The molecule has 1 nitrogen and oxygen atoms in total. The first-order chi connectivity index (χ1) is 28.6. The van der Waals surface area contributed by atoms with Crippen molar-refractivity contribution in [1.82, 2.24) is 0 Å². The highest BCUT2D eigenvalue weighted by atomic mass is 15.1. The zero-order valence-corrected chi connectivity index (χ0v) is 23.7. The van der Waals surface area contributed by atoms with Crippen molar-refractivity contribution < 1.29 is 20.6 Å². The van der Waals surface area contributed by atoms with Gasteiger partial charge in [0.05, 0.1) is 26.2 Å². The van der Waals surface area contributed by atoms with Crippen molar-refractivity contribution in [2.24, 2.45) is 0 Å². The third kappa shape index (κ3) is 5.26. The summed E-state index contributed by atoms with van der Waals surface area (Å²) in [6, 6.07) is 17.9. The summed E-state index contributed by atoms with van der Waals surface area (Å²) >= 11 is 0. The molecule has 0 N–H and O–H groups in total. The number of benzene rings is 8. The second-order valence-corrected chi connectivity index (χ2v) is 10.3. The molecule has 0 aliphatic heterocycles. The van der Waals surface area contributed by atoms with Crippen molar-refractivity contribution in [2.75, 3.05) is 4.90 Å². The Labute approximate surface area is 285 Å². The SMILES string of the molecule is [2H]c1c([2H])c(-c2ccc3ccccc3c2)c([2H])c(N(c2c([2H])c([2H])c(-c3cccc(-c4ccccc4)c3)c([2H])c2[2H])c2c([2H])c([2H])c([2H])c3c([2H])c([2H])c([2H])c([2H])c23)c1[2H]. The minimum absolute atomic E-state index is 0.108. The second-order valence-electron chi connectivity index (χ2n) is 10.3. The van der Waals surface area contributed by atoms with Crippen LogP contribution >= 0.6 is 0 Å². The summed E-state index contributed by atoms with van der Waals surface area (Å²) in [5.74, 6) is 0. The summed E-state index contributed by atoms with van der Waals surface area (Å²) in [7, 11) is 0. The lowest BCUT2D eigenvalue weighted by molar-refractivity contribution is 1.30. The number of anilines is 3. The van der Waals surface area contributed by atoms with E-state index in [-0.39, 0.29) is 16.7 Å². The average molecular weight is 589 g/mol. The maximum atomic E-state index is 9.70. The maximum absolute atomic E-state index is 9.70. The Morgan fingerprint density at radius 1 is 0.378 bits per heavy atom. The molecular weight excluding hydrogens is 542 g/mol. The van der Waals surface area contributed by atoms with Crippen LogP contribution in [0.4, 0.5) is 17.1 Å². The van der Waals surface area contributed by atoms with Crippen molar-refractivity contribution in [1.29, 1.82) is 0 Å². The van der Waals surface area contributed by atoms with Gasteiger partial charge in [-0.3, -0.25) is 0 Å². The van der Waals surface area contributed by atoms with Gasteiger partial charge in [-0.25, -0.2) is 0 Å². The van der Waals surface area contributed by atoms with Gasteiger partial charge >= 0.3 is 0 Å². The highest BCUT2D eigenvalue weighted by Crippen LogP contribution is 2.41. The summed E-state index contributed by atoms with van der Waals surface area (Å²) < 4.78 is 136. The van der Waals surface area contributed by atoms with Crippen LogP contribution in [0.25, 0.3) is 54.9 Å². The maximum Gasteiger partial charge on any atom is 0.0651 e. The Morgan fingerprint density at radius 2 is 1.07 bits per heavy atom. The normalized spacial score (nSPS) is 15.8. The minimum Gasteiger partial charge on any atom is -0.310 e. The van der Waals surface area contributed by atoms with E-state index in [1.807, 2.05) is 54.6 Å². The van der Waals surface area contributed by atoms with Crippen molar-refractivity contribution in [2.45, 2.75) is 0 Å². The van der Waals surface area contributed by atoms with E-state index in [0.717, 1.165) is 26.8 Å². The summed E-state index contributed by atoms with van der Waals surface area (Å²) in [5.41, 5.74) is -0.00496. The van der Waals surface area contributed by atoms with E-state index in [1.54, 1.807) is 42.5 Å². The van der Waals surface area contributed by atoms with Gasteiger partial charge in [0.25, 0.3) is 0 Å². The summed E-state index contributed by atoms with van der Waals surface area (Å²) in [6.45, 7) is 0. The van der Waals surface area contributed by atoms with Crippen molar-refractivity contribution in [3.63, 3.8) is 0 Å². The monoisotopic (exact) mass is 588 g/mol. The molecule has 0 spiro atoms. The van der Waals surface area contributed by atoms with Gasteiger partial charge in [0.1, 0.15) is 0 Å². The molecule has 0 aliphatic rings. The molecule has 8 aromatic carbocycles. The molecule has 0 aromatic heterocycles. The zero-order chi connectivity index (χ0) is 43.1. The van der Waals surface area contributed by atoms with E-state index >= 15 is 0 Å². The van der Waals surface area contributed by atoms with Crippen LogP contribution in [0.1, 0.15) is 20.6 Å². The summed E-state index contributed by atoms with van der Waals surface area (Å²) in [5, 5.41) is 0.541. The minimum atomic E-state index is -0.846. The molecule has 0 fully saturated rings. The number of nitrogens with zero attached hydrogens (tertiary/aromatic N) is 1.